The van der Waals surface area contributed by atoms with Crippen molar-refractivity contribution in [2.75, 3.05) is 0 Å². The summed E-state index contributed by atoms with van der Waals surface area (Å²) in [5.41, 5.74) is -0.293. The molecular formula is C13H14ClFN2O2S. The Balaban J connectivity index is 2.24. The predicted octanol–water partition coefficient (Wildman–Crippen LogP) is 2.53. The molecule has 0 bridgehead atoms. The van der Waals surface area contributed by atoms with Crippen LogP contribution in [0.15, 0.2) is 23.1 Å². The molecule has 1 aromatic carbocycles. The average molecular weight is 317 g/mol. The van der Waals surface area contributed by atoms with E-state index in [0.717, 1.165) is 37.5 Å². The van der Waals surface area contributed by atoms with Crippen molar-refractivity contribution < 1.29 is 12.8 Å². The van der Waals surface area contributed by atoms with Gasteiger partial charge in [0.15, 0.2) is 0 Å². The summed E-state index contributed by atoms with van der Waals surface area (Å²) < 4.78 is 40.2. The first kappa shape index (κ1) is 15.2. The predicted molar refractivity (Wildman–Crippen MR) is 73.3 cm³/mol. The number of alkyl halides is 1. The molecular weight excluding hydrogens is 303 g/mol. The molecule has 0 aliphatic heterocycles. The lowest BCUT2D eigenvalue weighted by molar-refractivity contribution is 0.418. The van der Waals surface area contributed by atoms with E-state index >= 15 is 0 Å². The van der Waals surface area contributed by atoms with Crippen LogP contribution in [0.5, 0.6) is 0 Å². The van der Waals surface area contributed by atoms with Crippen LogP contribution in [0.1, 0.15) is 31.2 Å². The zero-order valence-corrected chi connectivity index (χ0v) is 12.2. The molecule has 7 heteroatoms. The van der Waals surface area contributed by atoms with E-state index in [1.54, 1.807) is 6.07 Å². The molecule has 1 fully saturated rings. The molecule has 108 valence electrons. The number of rotatable bonds is 3. The topological polar surface area (TPSA) is 70.0 Å². The molecule has 1 N–H and O–H groups in total. The molecule has 2 rings (SSSR count). The molecule has 0 aromatic heterocycles. The van der Waals surface area contributed by atoms with Crippen molar-refractivity contribution in [3.8, 4) is 6.07 Å². The Bertz CT molecular complexity index is 642. The Morgan fingerprint density at radius 2 is 2.05 bits per heavy atom. The Morgan fingerprint density at radius 1 is 1.35 bits per heavy atom. The van der Waals surface area contributed by atoms with Crippen LogP contribution in [0, 0.1) is 17.1 Å². The normalized spacial score (nSPS) is 23.2. The van der Waals surface area contributed by atoms with Gasteiger partial charge in [-0.1, -0.05) is 12.8 Å². The summed E-state index contributed by atoms with van der Waals surface area (Å²) in [5, 5.41) is 8.50. The molecule has 0 saturated heterocycles. The second-order valence-electron chi connectivity index (χ2n) is 4.78. The van der Waals surface area contributed by atoms with Crippen LogP contribution in [0.2, 0.25) is 0 Å². The molecule has 1 aliphatic rings. The molecule has 1 saturated carbocycles. The van der Waals surface area contributed by atoms with E-state index < -0.39 is 15.8 Å². The maximum absolute atomic E-state index is 13.2. The third-order valence-corrected chi connectivity index (χ3v) is 5.37. The van der Waals surface area contributed by atoms with Crippen molar-refractivity contribution >= 4 is 21.6 Å². The van der Waals surface area contributed by atoms with Crippen molar-refractivity contribution in [1.82, 2.24) is 4.72 Å². The number of hydrogen-bond acceptors (Lipinski definition) is 3. The van der Waals surface area contributed by atoms with E-state index in [9.17, 15) is 12.8 Å². The van der Waals surface area contributed by atoms with Gasteiger partial charge in [-0.3, -0.25) is 0 Å². The first-order chi connectivity index (χ1) is 9.44. The summed E-state index contributed by atoms with van der Waals surface area (Å²) in [4.78, 5) is -0.120. The number of benzene rings is 1. The minimum Gasteiger partial charge on any atom is -0.207 e. The van der Waals surface area contributed by atoms with Crippen LogP contribution in [0.4, 0.5) is 4.39 Å². The van der Waals surface area contributed by atoms with E-state index in [1.165, 1.54) is 0 Å². The van der Waals surface area contributed by atoms with Crippen LogP contribution in [0.3, 0.4) is 0 Å². The van der Waals surface area contributed by atoms with Crippen molar-refractivity contribution in [3.05, 3.63) is 29.6 Å². The minimum atomic E-state index is -3.79. The van der Waals surface area contributed by atoms with Gasteiger partial charge in [0.1, 0.15) is 11.9 Å². The lowest BCUT2D eigenvalue weighted by Gasteiger charge is -2.27. The minimum absolute atomic E-state index is 0.120. The highest BCUT2D eigenvalue weighted by molar-refractivity contribution is 7.89. The van der Waals surface area contributed by atoms with Crippen molar-refractivity contribution in [2.45, 2.75) is 42.0 Å². The van der Waals surface area contributed by atoms with Crippen LogP contribution < -0.4 is 4.72 Å². The van der Waals surface area contributed by atoms with Crippen LogP contribution >= 0.6 is 11.6 Å². The van der Waals surface area contributed by atoms with Gasteiger partial charge in [0.05, 0.1) is 10.5 Å². The smallest absolute Gasteiger partial charge is 0.207 e. The van der Waals surface area contributed by atoms with Crippen LogP contribution in [-0.4, -0.2) is 19.8 Å². The monoisotopic (exact) mass is 316 g/mol. The second kappa shape index (κ2) is 6.08. The van der Waals surface area contributed by atoms with Crippen molar-refractivity contribution in [2.24, 2.45) is 0 Å². The zero-order valence-electron chi connectivity index (χ0n) is 10.6. The number of nitrogens with zero attached hydrogens (tertiary/aromatic N) is 1. The molecule has 1 aromatic rings. The highest BCUT2D eigenvalue weighted by Crippen LogP contribution is 2.25. The van der Waals surface area contributed by atoms with Crippen LogP contribution in [-0.2, 0) is 10.0 Å². The third-order valence-electron chi connectivity index (χ3n) is 3.36. The van der Waals surface area contributed by atoms with Gasteiger partial charge in [-0.2, -0.15) is 5.26 Å². The Morgan fingerprint density at radius 3 is 2.70 bits per heavy atom. The number of nitrogens with one attached hydrogen (secondary N) is 1. The Labute approximate surface area is 122 Å². The molecule has 4 nitrogen and oxygen atoms in total. The first-order valence-corrected chi connectivity index (χ1v) is 8.22. The molecule has 0 radical (unpaired) electrons. The van der Waals surface area contributed by atoms with E-state index in [4.69, 9.17) is 16.9 Å². The molecule has 20 heavy (non-hydrogen) atoms. The SMILES string of the molecule is N#Cc1cc(S(=O)(=O)NC2CCCCC2Cl)ccc1F. The third kappa shape index (κ3) is 3.29. The fourth-order valence-corrected chi connectivity index (χ4v) is 4.00. The number of nitriles is 1. The quantitative estimate of drug-likeness (QED) is 0.871. The van der Waals surface area contributed by atoms with Gasteiger partial charge in [0.2, 0.25) is 10.0 Å². The number of halogens is 2. The van der Waals surface area contributed by atoms with E-state index in [2.05, 4.69) is 4.72 Å². The molecule has 1 aliphatic carbocycles. The molecule has 2 atom stereocenters. The fraction of sp³-hybridized carbons (Fsp3) is 0.462. The second-order valence-corrected chi connectivity index (χ2v) is 7.06. The summed E-state index contributed by atoms with van der Waals surface area (Å²) >= 11 is 6.12. The maximum atomic E-state index is 13.2. The highest BCUT2D eigenvalue weighted by atomic mass is 35.5. The number of sulfonamides is 1. The Kier molecular flexibility index (Phi) is 4.63. The standard InChI is InChI=1S/C13H14ClFN2O2S/c14-11-3-1-2-4-13(11)17-20(18,19)10-5-6-12(15)9(7-10)8-16/h5-7,11,13,17H,1-4H2. The van der Waals surface area contributed by atoms with Gasteiger partial charge in [-0.15, -0.1) is 11.6 Å². The summed E-state index contributed by atoms with van der Waals surface area (Å²) in [6, 6.07) is 4.45. The largest absolute Gasteiger partial charge is 0.240 e. The maximum Gasteiger partial charge on any atom is 0.240 e. The highest BCUT2D eigenvalue weighted by Gasteiger charge is 2.28. The van der Waals surface area contributed by atoms with Gasteiger partial charge in [-0.25, -0.2) is 17.5 Å². The van der Waals surface area contributed by atoms with Gasteiger partial charge in [-0.05, 0) is 31.0 Å². The van der Waals surface area contributed by atoms with Gasteiger partial charge >= 0.3 is 0 Å². The molecule has 0 heterocycles. The fourth-order valence-electron chi connectivity index (χ4n) is 2.24. The molecule has 2 unspecified atom stereocenters. The van der Waals surface area contributed by atoms with Crippen molar-refractivity contribution in [3.63, 3.8) is 0 Å². The van der Waals surface area contributed by atoms with E-state index in [-0.39, 0.29) is 21.9 Å². The van der Waals surface area contributed by atoms with Crippen LogP contribution in [0.25, 0.3) is 0 Å². The lowest BCUT2D eigenvalue weighted by atomic mass is 9.96. The van der Waals surface area contributed by atoms with Gasteiger partial charge < -0.3 is 0 Å². The molecule has 0 spiro atoms. The van der Waals surface area contributed by atoms with Gasteiger partial charge in [0.25, 0.3) is 0 Å². The van der Waals surface area contributed by atoms with Gasteiger partial charge in [0, 0.05) is 11.4 Å². The summed E-state index contributed by atoms with van der Waals surface area (Å²) in [5.74, 6) is -0.737. The molecule has 0 amide bonds. The zero-order chi connectivity index (χ0) is 14.8. The first-order valence-electron chi connectivity index (χ1n) is 6.30. The summed E-state index contributed by atoms with van der Waals surface area (Å²) in [7, 11) is -3.79. The summed E-state index contributed by atoms with van der Waals surface area (Å²) in [6.45, 7) is 0. The van der Waals surface area contributed by atoms with Crippen molar-refractivity contribution in [1.29, 1.82) is 5.26 Å². The Hall–Kier alpha value is -1.16. The average Bonchev–Trinajstić information content (AvgIpc) is 2.41. The number of hydrogen-bond donors (Lipinski definition) is 1. The summed E-state index contributed by atoms with van der Waals surface area (Å²) in [6.07, 6.45) is 3.35. The van der Waals surface area contributed by atoms with E-state index in [0.29, 0.717) is 6.42 Å². The van der Waals surface area contributed by atoms with E-state index in [1.807, 2.05) is 0 Å². The lowest BCUT2D eigenvalue weighted by Crippen LogP contribution is -2.42.